The highest BCUT2D eigenvalue weighted by Crippen LogP contribution is 2.27. The molecule has 0 unspecified atom stereocenters. The minimum Gasteiger partial charge on any atom is -0.478 e. The lowest BCUT2D eigenvalue weighted by Gasteiger charge is -2.05. The van der Waals surface area contributed by atoms with Gasteiger partial charge in [-0.3, -0.25) is 0 Å². The molecule has 24 heavy (non-hydrogen) atoms. The molecule has 0 bridgehead atoms. The van der Waals surface area contributed by atoms with E-state index in [1.807, 2.05) is 41.8 Å². The molecule has 0 radical (unpaired) electrons. The van der Waals surface area contributed by atoms with E-state index in [2.05, 4.69) is 20.9 Å². The standard InChI is InChI=1S/C18H14BrClN2O2/c1-2-22-16-8-5-12(18(23)24)10-15(16)21-17(22)14(20)9-11-3-6-13(19)7-4-11/h3-10H,2H2,1H3,(H,23,24). The Kier molecular flexibility index (Phi) is 4.73. The van der Waals surface area contributed by atoms with Gasteiger partial charge in [0.2, 0.25) is 0 Å². The highest BCUT2D eigenvalue weighted by Gasteiger charge is 2.14. The van der Waals surface area contributed by atoms with Gasteiger partial charge in [-0.25, -0.2) is 9.78 Å². The topological polar surface area (TPSA) is 55.1 Å². The Morgan fingerprint density at radius 3 is 2.62 bits per heavy atom. The van der Waals surface area contributed by atoms with Gasteiger partial charge in [-0.05, 0) is 48.9 Å². The molecule has 1 N–H and O–H groups in total. The smallest absolute Gasteiger partial charge is 0.335 e. The van der Waals surface area contributed by atoms with Gasteiger partial charge in [-0.2, -0.15) is 0 Å². The average molecular weight is 406 g/mol. The number of carbonyl (C=O) groups is 1. The summed E-state index contributed by atoms with van der Waals surface area (Å²) in [5.41, 5.74) is 2.65. The molecule has 3 aromatic rings. The zero-order valence-corrected chi connectivity index (χ0v) is 15.2. The van der Waals surface area contributed by atoms with Crippen molar-refractivity contribution in [1.29, 1.82) is 0 Å². The molecular weight excluding hydrogens is 392 g/mol. The van der Waals surface area contributed by atoms with E-state index in [0.717, 1.165) is 15.6 Å². The fraction of sp³-hybridized carbons (Fsp3) is 0.111. The van der Waals surface area contributed by atoms with Crippen LogP contribution in [0.25, 0.3) is 22.1 Å². The summed E-state index contributed by atoms with van der Waals surface area (Å²) in [7, 11) is 0. The maximum atomic E-state index is 11.1. The lowest BCUT2D eigenvalue weighted by atomic mass is 10.2. The Morgan fingerprint density at radius 2 is 2.00 bits per heavy atom. The quantitative estimate of drug-likeness (QED) is 0.644. The van der Waals surface area contributed by atoms with Crippen molar-refractivity contribution in [2.45, 2.75) is 13.5 Å². The Morgan fingerprint density at radius 1 is 1.29 bits per heavy atom. The number of aryl methyl sites for hydroxylation is 1. The lowest BCUT2D eigenvalue weighted by molar-refractivity contribution is 0.0697. The van der Waals surface area contributed by atoms with Crippen molar-refractivity contribution in [2.24, 2.45) is 0 Å². The molecule has 1 heterocycles. The van der Waals surface area contributed by atoms with Crippen molar-refractivity contribution < 1.29 is 9.90 Å². The highest BCUT2D eigenvalue weighted by atomic mass is 79.9. The first-order valence-electron chi connectivity index (χ1n) is 7.36. The molecular formula is C18H14BrClN2O2. The predicted molar refractivity (Wildman–Crippen MR) is 100 cm³/mol. The van der Waals surface area contributed by atoms with Crippen LogP contribution in [0.4, 0.5) is 0 Å². The summed E-state index contributed by atoms with van der Waals surface area (Å²) in [6.45, 7) is 2.68. The number of aromatic carboxylic acids is 1. The number of carboxylic acids is 1. The van der Waals surface area contributed by atoms with Crippen LogP contribution in [0.2, 0.25) is 0 Å². The van der Waals surface area contributed by atoms with E-state index in [1.165, 1.54) is 0 Å². The van der Waals surface area contributed by atoms with Gasteiger partial charge in [0.1, 0.15) is 0 Å². The summed E-state index contributed by atoms with van der Waals surface area (Å²) < 4.78 is 2.97. The van der Waals surface area contributed by atoms with Crippen LogP contribution in [0.15, 0.2) is 46.9 Å². The van der Waals surface area contributed by atoms with Gasteiger partial charge < -0.3 is 9.67 Å². The normalized spacial score (nSPS) is 11.9. The number of imidazole rings is 1. The molecule has 0 spiro atoms. The van der Waals surface area contributed by atoms with E-state index in [0.29, 0.717) is 22.9 Å². The Balaban J connectivity index is 2.10. The molecule has 1 aromatic heterocycles. The fourth-order valence-corrected chi connectivity index (χ4v) is 3.07. The SMILES string of the molecule is CCn1c(C(Cl)=Cc2ccc(Br)cc2)nc2cc(C(=O)O)ccc21. The molecule has 6 heteroatoms. The molecule has 2 aromatic carbocycles. The van der Waals surface area contributed by atoms with Crippen LogP contribution in [0.3, 0.4) is 0 Å². The maximum Gasteiger partial charge on any atom is 0.335 e. The molecule has 0 aliphatic heterocycles. The molecule has 0 atom stereocenters. The first-order chi connectivity index (χ1) is 11.5. The Bertz CT molecular complexity index is 946. The minimum atomic E-state index is -0.971. The van der Waals surface area contributed by atoms with Gasteiger partial charge in [0, 0.05) is 11.0 Å². The number of benzene rings is 2. The monoisotopic (exact) mass is 404 g/mol. The van der Waals surface area contributed by atoms with Crippen LogP contribution < -0.4 is 0 Å². The van der Waals surface area contributed by atoms with E-state index < -0.39 is 5.97 Å². The number of fused-ring (bicyclic) bond motifs is 1. The first-order valence-corrected chi connectivity index (χ1v) is 8.53. The van der Waals surface area contributed by atoms with Gasteiger partial charge in [-0.1, -0.05) is 39.7 Å². The number of aromatic nitrogens is 2. The van der Waals surface area contributed by atoms with Crippen LogP contribution in [-0.2, 0) is 6.54 Å². The molecule has 0 aliphatic carbocycles. The Hall–Kier alpha value is -2.11. The van der Waals surface area contributed by atoms with E-state index in [4.69, 9.17) is 16.7 Å². The van der Waals surface area contributed by atoms with E-state index in [1.54, 1.807) is 18.2 Å². The molecule has 3 rings (SSSR count). The van der Waals surface area contributed by atoms with Crippen molar-refractivity contribution in [3.63, 3.8) is 0 Å². The molecule has 0 saturated heterocycles. The van der Waals surface area contributed by atoms with Crippen molar-refractivity contribution in [3.05, 3.63) is 63.9 Å². The molecule has 0 saturated carbocycles. The van der Waals surface area contributed by atoms with E-state index in [9.17, 15) is 4.79 Å². The van der Waals surface area contributed by atoms with Gasteiger partial charge >= 0.3 is 5.97 Å². The average Bonchev–Trinajstić information content (AvgIpc) is 2.94. The molecule has 122 valence electrons. The zero-order valence-electron chi connectivity index (χ0n) is 12.8. The van der Waals surface area contributed by atoms with Crippen LogP contribution in [0.5, 0.6) is 0 Å². The number of hydrogen-bond acceptors (Lipinski definition) is 2. The second-order valence-electron chi connectivity index (χ2n) is 5.23. The molecule has 0 fully saturated rings. The summed E-state index contributed by atoms with van der Waals surface area (Å²) in [5.74, 6) is -0.347. The van der Waals surface area contributed by atoms with Gasteiger partial charge in [0.05, 0.1) is 21.6 Å². The summed E-state index contributed by atoms with van der Waals surface area (Å²) in [6, 6.07) is 12.7. The van der Waals surface area contributed by atoms with Gasteiger partial charge in [-0.15, -0.1) is 0 Å². The van der Waals surface area contributed by atoms with E-state index >= 15 is 0 Å². The zero-order chi connectivity index (χ0) is 17.3. The maximum absolute atomic E-state index is 11.1. The van der Waals surface area contributed by atoms with Crippen LogP contribution in [-0.4, -0.2) is 20.6 Å². The summed E-state index contributed by atoms with van der Waals surface area (Å²) >= 11 is 9.89. The lowest BCUT2D eigenvalue weighted by Crippen LogP contribution is -1.99. The van der Waals surface area contributed by atoms with Crippen molar-refractivity contribution in [1.82, 2.24) is 9.55 Å². The molecule has 0 amide bonds. The van der Waals surface area contributed by atoms with Crippen molar-refractivity contribution in [3.8, 4) is 0 Å². The Labute approximate surface area is 152 Å². The third-order valence-corrected chi connectivity index (χ3v) is 4.50. The van der Waals surface area contributed by atoms with E-state index in [-0.39, 0.29) is 5.56 Å². The second-order valence-corrected chi connectivity index (χ2v) is 6.56. The molecule has 0 aliphatic rings. The van der Waals surface area contributed by atoms with Gasteiger partial charge in [0.15, 0.2) is 5.82 Å². The number of carboxylic acid groups (broad SMARTS) is 1. The summed E-state index contributed by atoms with van der Waals surface area (Å²) in [4.78, 5) is 15.7. The number of nitrogens with zero attached hydrogens (tertiary/aromatic N) is 2. The van der Waals surface area contributed by atoms with Crippen LogP contribution >= 0.6 is 27.5 Å². The number of halogens is 2. The fourth-order valence-electron chi connectivity index (χ4n) is 2.54. The third-order valence-electron chi connectivity index (χ3n) is 3.69. The minimum absolute atomic E-state index is 0.211. The third kappa shape index (κ3) is 3.23. The van der Waals surface area contributed by atoms with Crippen LogP contribution in [0, 0.1) is 0 Å². The van der Waals surface area contributed by atoms with Crippen molar-refractivity contribution in [2.75, 3.05) is 0 Å². The first kappa shape index (κ1) is 16.7. The summed E-state index contributed by atoms with van der Waals surface area (Å²) in [6.07, 6.45) is 1.85. The summed E-state index contributed by atoms with van der Waals surface area (Å²) in [5, 5.41) is 9.63. The predicted octanol–water partition coefficient (Wildman–Crippen LogP) is 5.25. The number of hydrogen-bond donors (Lipinski definition) is 1. The largest absolute Gasteiger partial charge is 0.478 e. The van der Waals surface area contributed by atoms with Crippen LogP contribution in [0.1, 0.15) is 28.7 Å². The highest BCUT2D eigenvalue weighted by molar-refractivity contribution is 9.10. The molecule has 4 nitrogen and oxygen atoms in total. The van der Waals surface area contributed by atoms with Crippen molar-refractivity contribution >= 4 is 55.6 Å². The van der Waals surface area contributed by atoms with Gasteiger partial charge in [0.25, 0.3) is 0 Å². The number of rotatable bonds is 4. The second kappa shape index (κ2) is 6.79.